The van der Waals surface area contributed by atoms with Gasteiger partial charge in [0.15, 0.2) is 0 Å². The standard InChI is InChI=1S/C33H36ClF2N5O3/c1-3-22-25(36)7-6-19-12-21(42)13-23(26(19)22)28-27(34)29-24(15-37-28)30(40-10-4-8-32(2,43)17-40)39-31(38-29)44-18-33-9-5-11-41(33)16-20(35)14-33/h6-7,12-13,15,20,42-43H,3-5,8-11,14,16-18H2,1-2H3/t20-,32-,33+/m1/s1. The van der Waals surface area contributed by atoms with Crippen molar-refractivity contribution in [3.05, 3.63) is 46.9 Å². The van der Waals surface area contributed by atoms with Crippen molar-refractivity contribution in [2.75, 3.05) is 37.7 Å². The normalized spacial score (nSPS) is 25.7. The van der Waals surface area contributed by atoms with Gasteiger partial charge in [0.1, 0.15) is 35.7 Å². The molecule has 2 aromatic heterocycles. The summed E-state index contributed by atoms with van der Waals surface area (Å²) in [6.45, 7) is 6.21. The van der Waals surface area contributed by atoms with Crippen LogP contribution in [0.3, 0.4) is 0 Å². The molecule has 44 heavy (non-hydrogen) atoms. The Hall–Kier alpha value is -3.34. The van der Waals surface area contributed by atoms with Gasteiger partial charge >= 0.3 is 6.01 Å². The Morgan fingerprint density at radius 1 is 1.16 bits per heavy atom. The van der Waals surface area contributed by atoms with Gasteiger partial charge < -0.3 is 19.8 Å². The maximum atomic E-state index is 15.0. The van der Waals surface area contributed by atoms with E-state index in [1.54, 1.807) is 24.4 Å². The number of ether oxygens (including phenoxy) is 1. The van der Waals surface area contributed by atoms with E-state index in [0.717, 1.165) is 25.8 Å². The number of halogens is 3. The molecule has 8 nitrogen and oxygen atoms in total. The molecule has 3 aliphatic rings. The number of phenols is 1. The fraction of sp³-hybridized carbons (Fsp3) is 0.485. The third-order valence-electron chi connectivity index (χ3n) is 9.61. The predicted octanol–water partition coefficient (Wildman–Crippen LogP) is 6.21. The minimum absolute atomic E-state index is 0.00479. The van der Waals surface area contributed by atoms with Gasteiger partial charge in [0.2, 0.25) is 0 Å². The van der Waals surface area contributed by atoms with Gasteiger partial charge in [-0.3, -0.25) is 9.88 Å². The fourth-order valence-corrected chi connectivity index (χ4v) is 7.89. The van der Waals surface area contributed by atoms with Gasteiger partial charge in [0, 0.05) is 37.8 Å². The molecule has 0 radical (unpaired) electrons. The minimum Gasteiger partial charge on any atom is -0.508 e. The molecule has 0 bridgehead atoms. The number of piperidine rings is 1. The largest absolute Gasteiger partial charge is 0.508 e. The third kappa shape index (κ3) is 5.01. The number of pyridine rings is 1. The van der Waals surface area contributed by atoms with Crippen LogP contribution >= 0.6 is 11.6 Å². The Morgan fingerprint density at radius 3 is 2.77 bits per heavy atom. The average molecular weight is 624 g/mol. The molecule has 232 valence electrons. The maximum absolute atomic E-state index is 15.0. The van der Waals surface area contributed by atoms with Crippen LogP contribution in [0, 0.1) is 5.82 Å². The van der Waals surface area contributed by atoms with Crippen LogP contribution in [0.1, 0.15) is 51.5 Å². The predicted molar refractivity (Wildman–Crippen MR) is 167 cm³/mol. The zero-order valence-electron chi connectivity index (χ0n) is 24.9. The number of aliphatic hydroxyl groups is 1. The smallest absolute Gasteiger partial charge is 0.319 e. The van der Waals surface area contributed by atoms with E-state index in [0.29, 0.717) is 83.2 Å². The Kier molecular flexibility index (Phi) is 7.29. The molecule has 5 heterocycles. The quantitative estimate of drug-likeness (QED) is 0.262. The summed E-state index contributed by atoms with van der Waals surface area (Å²) >= 11 is 7.13. The molecule has 0 unspecified atom stereocenters. The number of fused-ring (bicyclic) bond motifs is 3. The summed E-state index contributed by atoms with van der Waals surface area (Å²) < 4.78 is 35.7. The Balaban J connectivity index is 1.38. The number of alkyl halides is 1. The van der Waals surface area contributed by atoms with Crippen LogP contribution in [0.2, 0.25) is 5.02 Å². The van der Waals surface area contributed by atoms with Gasteiger partial charge in [-0.25, -0.2) is 8.78 Å². The van der Waals surface area contributed by atoms with Crippen LogP contribution in [0.5, 0.6) is 11.8 Å². The number of nitrogens with zero attached hydrogens (tertiary/aromatic N) is 5. The first-order valence-corrected chi connectivity index (χ1v) is 15.8. The van der Waals surface area contributed by atoms with Crippen LogP contribution in [0.4, 0.5) is 14.6 Å². The summed E-state index contributed by atoms with van der Waals surface area (Å²) in [6.07, 6.45) is 4.87. The average Bonchev–Trinajstić information content (AvgIpc) is 3.51. The first-order valence-electron chi connectivity index (χ1n) is 15.4. The minimum atomic E-state index is -0.905. The highest BCUT2D eigenvalue weighted by atomic mass is 35.5. The second-order valence-corrected chi connectivity index (χ2v) is 13.2. The van der Waals surface area contributed by atoms with Gasteiger partial charge in [-0.05, 0) is 80.1 Å². The second-order valence-electron chi connectivity index (χ2n) is 12.9. The van der Waals surface area contributed by atoms with Crippen molar-refractivity contribution in [3.8, 4) is 23.0 Å². The van der Waals surface area contributed by atoms with E-state index in [2.05, 4.69) is 4.90 Å². The summed E-state index contributed by atoms with van der Waals surface area (Å²) in [5.41, 5.74) is 0.439. The van der Waals surface area contributed by atoms with Crippen molar-refractivity contribution in [1.82, 2.24) is 19.9 Å². The lowest BCUT2D eigenvalue weighted by atomic mass is 9.94. The molecule has 2 aromatic carbocycles. The highest BCUT2D eigenvalue weighted by Gasteiger charge is 2.49. The highest BCUT2D eigenvalue weighted by molar-refractivity contribution is 6.38. The van der Waals surface area contributed by atoms with Gasteiger partial charge in [0.25, 0.3) is 0 Å². The molecular weight excluding hydrogens is 588 g/mol. The van der Waals surface area contributed by atoms with E-state index in [4.69, 9.17) is 31.3 Å². The Bertz CT molecular complexity index is 1770. The molecular formula is C33H36ClF2N5O3. The van der Waals surface area contributed by atoms with E-state index in [9.17, 15) is 19.0 Å². The van der Waals surface area contributed by atoms with Crippen LogP contribution < -0.4 is 9.64 Å². The van der Waals surface area contributed by atoms with Gasteiger partial charge in [-0.2, -0.15) is 9.97 Å². The van der Waals surface area contributed by atoms with Crippen LogP contribution in [0.15, 0.2) is 30.5 Å². The number of aryl methyl sites for hydroxylation is 1. The summed E-state index contributed by atoms with van der Waals surface area (Å²) in [6, 6.07) is 6.28. The Morgan fingerprint density at radius 2 is 1.98 bits per heavy atom. The Labute approximate surface area is 259 Å². The number of hydrogen-bond acceptors (Lipinski definition) is 8. The highest BCUT2D eigenvalue weighted by Crippen LogP contribution is 2.43. The molecule has 3 fully saturated rings. The molecule has 4 aromatic rings. The van der Waals surface area contributed by atoms with Crippen molar-refractivity contribution in [2.45, 2.75) is 69.7 Å². The SMILES string of the molecule is CCc1c(F)ccc2cc(O)cc(-c3ncc4c(N5CCC[C@@](C)(O)C5)nc(OC[C@@]56CCCN5C[C@H](F)C6)nc4c3Cl)c12. The number of rotatable bonds is 6. The number of anilines is 1. The van der Waals surface area contributed by atoms with Crippen LogP contribution in [-0.2, 0) is 6.42 Å². The van der Waals surface area contributed by atoms with Gasteiger partial charge in [-0.1, -0.05) is 24.6 Å². The van der Waals surface area contributed by atoms with E-state index in [-0.39, 0.29) is 34.7 Å². The molecule has 0 saturated carbocycles. The fourth-order valence-electron chi connectivity index (χ4n) is 7.60. The lowest BCUT2D eigenvalue weighted by Crippen LogP contribution is -2.46. The molecule has 11 heteroatoms. The number of β-amino-alcohol motifs (C(OH)–C–C–N with tert-alkyl or cyclic N) is 1. The first kappa shape index (κ1) is 29.4. The summed E-state index contributed by atoms with van der Waals surface area (Å²) in [5.74, 6) is 0.205. The zero-order chi connectivity index (χ0) is 30.8. The number of phenolic OH excluding ortho intramolecular Hbond substituents is 1. The summed E-state index contributed by atoms with van der Waals surface area (Å²) in [7, 11) is 0. The van der Waals surface area contributed by atoms with Crippen molar-refractivity contribution in [1.29, 1.82) is 0 Å². The molecule has 2 N–H and O–H groups in total. The molecule has 0 amide bonds. The molecule has 3 aliphatic heterocycles. The number of aromatic hydroxyl groups is 1. The summed E-state index contributed by atoms with van der Waals surface area (Å²) in [5, 5.41) is 23.6. The molecule has 3 saturated heterocycles. The lowest BCUT2D eigenvalue weighted by molar-refractivity contribution is 0.0447. The summed E-state index contributed by atoms with van der Waals surface area (Å²) in [4.78, 5) is 18.5. The number of aromatic nitrogens is 3. The number of benzene rings is 2. The first-order chi connectivity index (χ1) is 21.1. The molecule has 7 rings (SSSR count). The monoisotopic (exact) mass is 623 g/mol. The maximum Gasteiger partial charge on any atom is 0.319 e. The van der Waals surface area contributed by atoms with E-state index < -0.39 is 11.8 Å². The zero-order valence-corrected chi connectivity index (χ0v) is 25.7. The second kappa shape index (κ2) is 10.9. The van der Waals surface area contributed by atoms with E-state index >= 15 is 0 Å². The van der Waals surface area contributed by atoms with Crippen LogP contribution in [-0.4, -0.2) is 80.2 Å². The number of hydrogen-bond donors (Lipinski definition) is 2. The third-order valence-corrected chi connectivity index (χ3v) is 9.97. The van der Waals surface area contributed by atoms with Gasteiger partial charge in [-0.15, -0.1) is 0 Å². The van der Waals surface area contributed by atoms with Crippen LogP contribution in [0.25, 0.3) is 32.9 Å². The molecule has 3 atom stereocenters. The van der Waals surface area contributed by atoms with Gasteiger partial charge in [0.05, 0.1) is 27.2 Å². The van der Waals surface area contributed by atoms with Crippen molar-refractivity contribution in [2.24, 2.45) is 0 Å². The van der Waals surface area contributed by atoms with Crippen molar-refractivity contribution >= 4 is 39.1 Å². The molecule has 0 spiro atoms. The lowest BCUT2D eigenvalue weighted by Gasteiger charge is -2.38. The molecule has 0 aliphatic carbocycles. The van der Waals surface area contributed by atoms with E-state index in [1.807, 2.05) is 18.7 Å². The van der Waals surface area contributed by atoms with Crippen molar-refractivity contribution in [3.63, 3.8) is 0 Å². The van der Waals surface area contributed by atoms with Crippen molar-refractivity contribution < 1.29 is 23.7 Å². The van der Waals surface area contributed by atoms with E-state index in [1.165, 1.54) is 6.07 Å². The topological polar surface area (TPSA) is 94.8 Å².